The van der Waals surface area contributed by atoms with Gasteiger partial charge >= 0.3 is 0 Å². The number of para-hydroxylation sites is 1. The van der Waals surface area contributed by atoms with E-state index in [2.05, 4.69) is 15.1 Å². The molecular formula is C24H20N4O3S. The third kappa shape index (κ3) is 3.48. The fraction of sp³-hybridized carbons (Fsp3) is 0.125. The molecule has 4 aromatic rings. The quantitative estimate of drug-likeness (QED) is 0.461. The van der Waals surface area contributed by atoms with Crippen LogP contribution in [0.15, 0.2) is 95.2 Å². The first-order chi connectivity index (χ1) is 15.6. The van der Waals surface area contributed by atoms with Crippen molar-refractivity contribution in [3.63, 3.8) is 0 Å². The van der Waals surface area contributed by atoms with Crippen LogP contribution in [0.5, 0.6) is 5.75 Å². The summed E-state index contributed by atoms with van der Waals surface area (Å²) in [5.74, 6) is 0.724. The number of nitrogens with zero attached hydrogens (tertiary/aromatic N) is 4. The van der Waals surface area contributed by atoms with Gasteiger partial charge in [0.15, 0.2) is 0 Å². The maximum atomic E-state index is 13.6. The SMILES string of the molecule is COc1ccc(C2=NN(S(=O)(=O)c3ccccc3)[C@@H](c3cccc4nccnc34)C2)cc1. The third-order valence-corrected chi connectivity index (χ3v) is 7.17. The molecule has 2 heterocycles. The van der Waals surface area contributed by atoms with Crippen LogP contribution in [0.25, 0.3) is 11.0 Å². The topological polar surface area (TPSA) is 84.8 Å². The van der Waals surface area contributed by atoms with E-state index in [1.807, 2.05) is 42.5 Å². The van der Waals surface area contributed by atoms with Gasteiger partial charge in [0.05, 0.1) is 34.8 Å². The van der Waals surface area contributed by atoms with Gasteiger partial charge in [0.2, 0.25) is 0 Å². The molecule has 7 nitrogen and oxygen atoms in total. The van der Waals surface area contributed by atoms with Crippen molar-refractivity contribution in [2.75, 3.05) is 7.11 Å². The van der Waals surface area contributed by atoms with E-state index in [0.717, 1.165) is 16.9 Å². The molecule has 0 spiro atoms. The van der Waals surface area contributed by atoms with Crippen LogP contribution in [0.3, 0.4) is 0 Å². The van der Waals surface area contributed by atoms with Gasteiger partial charge in [-0.15, -0.1) is 0 Å². The molecule has 0 radical (unpaired) electrons. The maximum absolute atomic E-state index is 13.6. The summed E-state index contributed by atoms with van der Waals surface area (Å²) in [7, 11) is -2.28. The molecule has 0 fully saturated rings. The highest BCUT2D eigenvalue weighted by atomic mass is 32.2. The minimum absolute atomic E-state index is 0.191. The molecule has 5 rings (SSSR count). The first-order valence-corrected chi connectivity index (χ1v) is 11.5. The molecule has 0 saturated heterocycles. The molecule has 0 bridgehead atoms. The van der Waals surface area contributed by atoms with Gasteiger partial charge in [0.25, 0.3) is 10.0 Å². The fourth-order valence-corrected chi connectivity index (χ4v) is 5.33. The van der Waals surface area contributed by atoms with Crippen molar-refractivity contribution in [1.29, 1.82) is 0 Å². The van der Waals surface area contributed by atoms with Crippen LogP contribution in [0, 0.1) is 0 Å². The number of aromatic nitrogens is 2. The highest BCUT2D eigenvalue weighted by molar-refractivity contribution is 7.89. The maximum Gasteiger partial charge on any atom is 0.279 e. The van der Waals surface area contributed by atoms with Crippen molar-refractivity contribution < 1.29 is 13.2 Å². The molecular weight excluding hydrogens is 424 g/mol. The lowest BCUT2D eigenvalue weighted by molar-refractivity contribution is 0.373. The number of sulfonamides is 1. The minimum atomic E-state index is -3.89. The van der Waals surface area contributed by atoms with E-state index < -0.39 is 16.1 Å². The van der Waals surface area contributed by atoms with Gasteiger partial charge in [-0.25, -0.2) is 0 Å². The van der Waals surface area contributed by atoms with Crippen molar-refractivity contribution in [2.45, 2.75) is 17.4 Å². The van der Waals surface area contributed by atoms with Gasteiger partial charge in [-0.2, -0.15) is 17.9 Å². The Bertz CT molecular complexity index is 1400. The average molecular weight is 445 g/mol. The summed E-state index contributed by atoms with van der Waals surface area (Å²) in [5.41, 5.74) is 3.66. The van der Waals surface area contributed by atoms with Gasteiger partial charge in [-0.3, -0.25) is 9.97 Å². The van der Waals surface area contributed by atoms with Crippen molar-refractivity contribution in [3.8, 4) is 5.75 Å². The van der Waals surface area contributed by atoms with Crippen LogP contribution < -0.4 is 4.74 Å². The van der Waals surface area contributed by atoms with Crippen LogP contribution in [-0.4, -0.2) is 35.6 Å². The number of hydrogen-bond acceptors (Lipinski definition) is 6. The Balaban J connectivity index is 1.65. The van der Waals surface area contributed by atoms with E-state index >= 15 is 0 Å². The lowest BCUT2D eigenvalue weighted by Crippen LogP contribution is -2.27. The predicted molar refractivity (Wildman–Crippen MR) is 122 cm³/mol. The molecule has 0 N–H and O–H groups in total. The Morgan fingerprint density at radius 2 is 1.66 bits per heavy atom. The van der Waals surface area contributed by atoms with Crippen molar-refractivity contribution >= 4 is 26.8 Å². The summed E-state index contributed by atoms with van der Waals surface area (Å²) in [6, 6.07) is 20.9. The van der Waals surface area contributed by atoms with Crippen molar-refractivity contribution in [2.24, 2.45) is 5.10 Å². The number of fused-ring (bicyclic) bond motifs is 1. The van der Waals surface area contributed by atoms with Crippen LogP contribution in [0.1, 0.15) is 23.6 Å². The second-order valence-corrected chi connectivity index (χ2v) is 9.15. The molecule has 160 valence electrons. The van der Waals surface area contributed by atoms with Crippen LogP contribution >= 0.6 is 0 Å². The Morgan fingerprint density at radius 1 is 0.906 bits per heavy atom. The van der Waals surface area contributed by atoms with E-state index in [4.69, 9.17) is 4.74 Å². The summed E-state index contributed by atoms with van der Waals surface area (Å²) < 4.78 is 33.6. The summed E-state index contributed by atoms with van der Waals surface area (Å²) in [6.45, 7) is 0. The lowest BCUT2D eigenvalue weighted by atomic mass is 9.98. The van der Waals surface area contributed by atoms with E-state index in [0.29, 0.717) is 23.2 Å². The van der Waals surface area contributed by atoms with E-state index in [-0.39, 0.29) is 4.90 Å². The highest BCUT2D eigenvalue weighted by Crippen LogP contribution is 2.39. The number of rotatable bonds is 5. The number of benzene rings is 3. The molecule has 1 aromatic heterocycles. The van der Waals surface area contributed by atoms with Gasteiger partial charge in [-0.05, 0) is 48.0 Å². The molecule has 0 amide bonds. The summed E-state index contributed by atoms with van der Waals surface area (Å²) in [5, 5.41) is 4.60. The van der Waals surface area contributed by atoms with Crippen LogP contribution in [0.2, 0.25) is 0 Å². The Hall–Kier alpha value is -3.78. The van der Waals surface area contributed by atoms with E-state index in [1.165, 1.54) is 4.41 Å². The first-order valence-electron chi connectivity index (χ1n) is 10.1. The van der Waals surface area contributed by atoms with Crippen LogP contribution in [-0.2, 0) is 10.0 Å². The number of ether oxygens (including phenoxy) is 1. The molecule has 3 aromatic carbocycles. The van der Waals surface area contributed by atoms with E-state index in [9.17, 15) is 8.42 Å². The highest BCUT2D eigenvalue weighted by Gasteiger charge is 2.38. The Morgan fingerprint density at radius 3 is 2.41 bits per heavy atom. The largest absolute Gasteiger partial charge is 0.497 e. The molecule has 8 heteroatoms. The fourth-order valence-electron chi connectivity index (χ4n) is 3.88. The van der Waals surface area contributed by atoms with Crippen LogP contribution in [0.4, 0.5) is 0 Å². The molecule has 1 atom stereocenters. The molecule has 32 heavy (non-hydrogen) atoms. The van der Waals surface area contributed by atoms with Gasteiger partial charge < -0.3 is 4.74 Å². The number of methoxy groups -OCH3 is 1. The summed E-state index contributed by atoms with van der Waals surface area (Å²) >= 11 is 0. The summed E-state index contributed by atoms with van der Waals surface area (Å²) in [4.78, 5) is 9.05. The number of hydrogen-bond donors (Lipinski definition) is 0. The van der Waals surface area contributed by atoms with Crippen molar-refractivity contribution in [3.05, 3.63) is 96.3 Å². The van der Waals surface area contributed by atoms with Crippen molar-refractivity contribution in [1.82, 2.24) is 14.4 Å². The lowest BCUT2D eigenvalue weighted by Gasteiger charge is -2.24. The zero-order valence-electron chi connectivity index (χ0n) is 17.3. The smallest absolute Gasteiger partial charge is 0.279 e. The molecule has 1 aliphatic heterocycles. The monoisotopic (exact) mass is 444 g/mol. The third-order valence-electron chi connectivity index (χ3n) is 5.47. The zero-order valence-corrected chi connectivity index (χ0v) is 18.1. The second-order valence-electron chi connectivity index (χ2n) is 7.36. The molecule has 1 aliphatic rings. The number of hydrazone groups is 1. The van der Waals surface area contributed by atoms with E-state index in [1.54, 1.807) is 49.8 Å². The van der Waals surface area contributed by atoms with Gasteiger partial charge in [0.1, 0.15) is 5.75 Å². The van der Waals surface area contributed by atoms with Gasteiger partial charge in [-0.1, -0.05) is 30.3 Å². The second kappa shape index (κ2) is 8.05. The standard InChI is InChI=1S/C24H20N4O3S/c1-31-18-12-10-17(11-13-18)22-16-23(20-8-5-9-21-24(20)26-15-14-25-21)28(27-22)32(29,30)19-6-3-2-4-7-19/h2-15,23H,16H2,1H3/t23-/m1/s1. The normalized spacial score (nSPS) is 16.2. The summed E-state index contributed by atoms with van der Waals surface area (Å²) in [6.07, 6.45) is 3.65. The first kappa shape index (κ1) is 20.1. The molecule has 0 unspecified atom stereocenters. The Labute approximate surface area is 186 Å². The molecule has 0 saturated carbocycles. The molecule has 0 aliphatic carbocycles. The van der Waals surface area contributed by atoms with Gasteiger partial charge in [0, 0.05) is 24.4 Å². The predicted octanol–water partition coefficient (Wildman–Crippen LogP) is 4.18. The minimum Gasteiger partial charge on any atom is -0.497 e. The Kier molecular flexibility index (Phi) is 5.07. The average Bonchev–Trinajstić information content (AvgIpc) is 3.30. The zero-order chi connectivity index (χ0) is 22.1.